The van der Waals surface area contributed by atoms with Gasteiger partial charge in [0, 0.05) is 17.2 Å². The Labute approximate surface area is 142 Å². The predicted octanol–water partition coefficient (Wildman–Crippen LogP) is 1.61. The summed E-state index contributed by atoms with van der Waals surface area (Å²) in [5, 5.41) is 11.8. The molecule has 0 saturated heterocycles. The molecule has 1 aliphatic carbocycles. The number of fused-ring (bicyclic) bond motifs is 3. The summed E-state index contributed by atoms with van der Waals surface area (Å²) in [7, 11) is 0. The molecule has 2 aromatic rings. The number of carboxylic acids is 1. The third kappa shape index (κ3) is 3.07. The van der Waals surface area contributed by atoms with Gasteiger partial charge in [-0.2, -0.15) is 0 Å². The molecule has 0 amide bonds. The lowest BCUT2D eigenvalue weighted by Crippen LogP contribution is -2.27. The highest BCUT2D eigenvalue weighted by Gasteiger charge is 2.24. The van der Waals surface area contributed by atoms with E-state index in [-0.39, 0.29) is 11.3 Å². The number of hydrogen-bond acceptors (Lipinski definition) is 6. The molecule has 0 aliphatic heterocycles. The molecule has 122 valence electrons. The Morgan fingerprint density at radius 3 is 3.09 bits per heavy atom. The molecular formula is C16H17N2O3S2-. The number of aryl methyl sites for hydroxylation is 1. The first-order valence-corrected chi connectivity index (χ1v) is 9.30. The Hall–Kier alpha value is -1.60. The zero-order chi connectivity index (χ0) is 16.6. The quantitative estimate of drug-likeness (QED) is 0.466. The van der Waals surface area contributed by atoms with Crippen LogP contribution in [0.4, 0.5) is 0 Å². The average molecular weight is 349 g/mol. The van der Waals surface area contributed by atoms with Gasteiger partial charge in [-0.3, -0.25) is 9.36 Å². The summed E-state index contributed by atoms with van der Waals surface area (Å²) in [6.07, 6.45) is 4.60. The van der Waals surface area contributed by atoms with E-state index in [0.29, 0.717) is 23.0 Å². The lowest BCUT2D eigenvalue weighted by atomic mass is 9.89. The van der Waals surface area contributed by atoms with E-state index in [1.54, 1.807) is 17.4 Å². The van der Waals surface area contributed by atoms with Crippen molar-refractivity contribution >= 4 is 39.3 Å². The lowest BCUT2D eigenvalue weighted by molar-refractivity contribution is -0.301. The molecule has 2 aromatic heterocycles. The topological polar surface area (TPSA) is 75.0 Å². The van der Waals surface area contributed by atoms with Gasteiger partial charge in [-0.15, -0.1) is 17.9 Å². The van der Waals surface area contributed by atoms with Crippen LogP contribution < -0.4 is 10.7 Å². The van der Waals surface area contributed by atoms with Gasteiger partial charge in [0.1, 0.15) is 4.83 Å². The minimum absolute atomic E-state index is 0.0946. The van der Waals surface area contributed by atoms with Crippen molar-refractivity contribution in [2.45, 2.75) is 37.9 Å². The van der Waals surface area contributed by atoms with Crippen molar-refractivity contribution in [1.82, 2.24) is 9.55 Å². The van der Waals surface area contributed by atoms with Crippen LogP contribution in [0.5, 0.6) is 0 Å². The molecule has 0 radical (unpaired) electrons. The monoisotopic (exact) mass is 349 g/mol. The maximum atomic E-state index is 12.9. The molecule has 0 fully saturated rings. The summed E-state index contributed by atoms with van der Waals surface area (Å²) in [6.45, 7) is 6.21. The second-order valence-electron chi connectivity index (χ2n) is 5.79. The van der Waals surface area contributed by atoms with Crippen LogP contribution in [0, 0.1) is 5.92 Å². The van der Waals surface area contributed by atoms with Crippen LogP contribution in [-0.2, 0) is 24.2 Å². The highest BCUT2D eigenvalue weighted by molar-refractivity contribution is 7.99. The Bertz CT molecular complexity index is 838. The number of thiophene rings is 1. The predicted molar refractivity (Wildman–Crippen MR) is 91.0 cm³/mol. The molecule has 0 saturated carbocycles. The second kappa shape index (κ2) is 6.49. The third-order valence-corrected chi connectivity index (χ3v) is 6.11. The molecule has 1 aliphatic rings. The molecule has 1 atom stereocenters. The van der Waals surface area contributed by atoms with Crippen LogP contribution in [0.15, 0.2) is 22.6 Å². The van der Waals surface area contributed by atoms with Crippen molar-refractivity contribution < 1.29 is 9.90 Å². The Balaban J connectivity index is 2.17. The summed E-state index contributed by atoms with van der Waals surface area (Å²) < 4.78 is 1.51. The zero-order valence-corrected chi connectivity index (χ0v) is 14.5. The van der Waals surface area contributed by atoms with Gasteiger partial charge >= 0.3 is 0 Å². The molecule has 5 nitrogen and oxygen atoms in total. The van der Waals surface area contributed by atoms with E-state index in [1.165, 1.54) is 9.44 Å². The number of nitrogens with zero attached hydrogens (tertiary/aromatic N) is 2. The van der Waals surface area contributed by atoms with Crippen LogP contribution in [-0.4, -0.2) is 21.3 Å². The van der Waals surface area contributed by atoms with Gasteiger partial charge < -0.3 is 9.90 Å². The fourth-order valence-electron chi connectivity index (χ4n) is 2.93. The van der Waals surface area contributed by atoms with Gasteiger partial charge in [-0.1, -0.05) is 24.8 Å². The molecule has 23 heavy (non-hydrogen) atoms. The molecule has 2 heterocycles. The number of carboxylic acid groups (broad SMARTS) is 1. The highest BCUT2D eigenvalue weighted by atomic mass is 32.2. The number of rotatable bonds is 5. The van der Waals surface area contributed by atoms with Crippen molar-refractivity contribution in [1.29, 1.82) is 0 Å². The molecule has 0 bridgehead atoms. The Morgan fingerprint density at radius 2 is 2.39 bits per heavy atom. The third-order valence-electron chi connectivity index (χ3n) is 4.01. The average Bonchev–Trinajstić information content (AvgIpc) is 2.85. The summed E-state index contributed by atoms with van der Waals surface area (Å²) in [5.41, 5.74) is 1.04. The van der Waals surface area contributed by atoms with Crippen LogP contribution in [0.3, 0.4) is 0 Å². The SMILES string of the molecule is C=CCn1c(SCC(=O)[O-])nc2sc3c(c2c1=O)CC[C@@H](C)C3. The van der Waals surface area contributed by atoms with Crippen molar-refractivity contribution in [2.75, 3.05) is 5.75 Å². The number of carbonyl (C=O) groups excluding carboxylic acids is 1. The van der Waals surface area contributed by atoms with Crippen molar-refractivity contribution in [3.05, 3.63) is 33.4 Å². The summed E-state index contributed by atoms with van der Waals surface area (Å²) in [5.74, 6) is -0.774. The summed E-state index contributed by atoms with van der Waals surface area (Å²) in [6, 6.07) is 0. The van der Waals surface area contributed by atoms with E-state index in [4.69, 9.17) is 0 Å². The zero-order valence-electron chi connectivity index (χ0n) is 12.8. The second-order valence-corrected chi connectivity index (χ2v) is 7.82. The van der Waals surface area contributed by atoms with Gasteiger partial charge in [-0.05, 0) is 30.7 Å². The number of aromatic nitrogens is 2. The van der Waals surface area contributed by atoms with Gasteiger partial charge in [0.15, 0.2) is 5.16 Å². The summed E-state index contributed by atoms with van der Waals surface area (Å²) >= 11 is 2.59. The largest absolute Gasteiger partial charge is 0.549 e. The lowest BCUT2D eigenvalue weighted by Gasteiger charge is -2.17. The minimum Gasteiger partial charge on any atom is -0.549 e. The number of allylic oxidation sites excluding steroid dienone is 1. The van der Waals surface area contributed by atoms with E-state index < -0.39 is 5.97 Å². The molecule has 7 heteroatoms. The smallest absolute Gasteiger partial charge is 0.263 e. The van der Waals surface area contributed by atoms with E-state index in [9.17, 15) is 14.7 Å². The van der Waals surface area contributed by atoms with Gasteiger partial charge in [-0.25, -0.2) is 4.98 Å². The van der Waals surface area contributed by atoms with Gasteiger partial charge in [0.2, 0.25) is 0 Å². The van der Waals surface area contributed by atoms with Crippen LogP contribution in [0.25, 0.3) is 10.2 Å². The Morgan fingerprint density at radius 1 is 1.61 bits per heavy atom. The number of carbonyl (C=O) groups is 1. The first-order valence-electron chi connectivity index (χ1n) is 7.50. The maximum absolute atomic E-state index is 12.9. The van der Waals surface area contributed by atoms with Crippen molar-refractivity contribution in [2.24, 2.45) is 5.92 Å². The van der Waals surface area contributed by atoms with Crippen LogP contribution in [0.2, 0.25) is 0 Å². The fourth-order valence-corrected chi connectivity index (χ4v) is 5.08. The van der Waals surface area contributed by atoms with Gasteiger partial charge in [0.25, 0.3) is 5.56 Å². The van der Waals surface area contributed by atoms with E-state index in [0.717, 1.165) is 41.4 Å². The molecule has 0 unspecified atom stereocenters. The van der Waals surface area contributed by atoms with E-state index >= 15 is 0 Å². The van der Waals surface area contributed by atoms with Crippen molar-refractivity contribution in [3.63, 3.8) is 0 Å². The Kier molecular flexibility index (Phi) is 4.59. The maximum Gasteiger partial charge on any atom is 0.263 e. The number of thioether (sulfide) groups is 1. The number of hydrogen-bond donors (Lipinski definition) is 0. The number of aliphatic carboxylic acids is 1. The fraction of sp³-hybridized carbons (Fsp3) is 0.438. The van der Waals surface area contributed by atoms with E-state index in [1.807, 2.05) is 0 Å². The molecular weight excluding hydrogens is 332 g/mol. The van der Waals surface area contributed by atoms with Crippen LogP contribution in [0.1, 0.15) is 23.8 Å². The summed E-state index contributed by atoms with van der Waals surface area (Å²) in [4.78, 5) is 30.2. The first-order chi connectivity index (χ1) is 11.0. The molecule has 0 N–H and O–H groups in total. The highest BCUT2D eigenvalue weighted by Crippen LogP contribution is 2.36. The molecule has 3 rings (SSSR count). The van der Waals surface area contributed by atoms with Gasteiger partial charge in [0.05, 0.1) is 11.4 Å². The first kappa shape index (κ1) is 16.3. The van der Waals surface area contributed by atoms with Crippen molar-refractivity contribution in [3.8, 4) is 0 Å². The molecule has 0 spiro atoms. The van der Waals surface area contributed by atoms with E-state index in [2.05, 4.69) is 18.5 Å². The standard InChI is InChI=1S/C16H18N2O3S2/c1-3-6-18-15(21)13-10-5-4-9(2)7-11(10)23-14(13)17-16(18)22-8-12(19)20/h3,9H,1,4-8H2,2H3,(H,19,20)/p-1/t9-/m1/s1. The minimum atomic E-state index is -1.17. The normalized spacial score (nSPS) is 17.2. The van der Waals surface area contributed by atoms with Crippen LogP contribution >= 0.6 is 23.1 Å². The molecule has 0 aromatic carbocycles.